The predicted molar refractivity (Wildman–Crippen MR) is 113 cm³/mol. The second-order valence-electron chi connectivity index (χ2n) is 6.72. The molecule has 2 aromatic carbocycles. The van der Waals surface area contributed by atoms with E-state index < -0.39 is 0 Å². The number of para-hydroxylation sites is 1. The maximum Gasteiger partial charge on any atom is 0.259 e. The molecular weight excluding hydrogens is 366 g/mol. The molecule has 1 aliphatic heterocycles. The highest BCUT2D eigenvalue weighted by Gasteiger charge is 2.25. The number of carbonyl (C=O) groups is 1. The van der Waals surface area contributed by atoms with Gasteiger partial charge in [0.25, 0.3) is 5.91 Å². The van der Waals surface area contributed by atoms with Crippen LogP contribution in [-0.2, 0) is 6.42 Å². The van der Waals surface area contributed by atoms with E-state index in [0.29, 0.717) is 31.1 Å². The Kier molecular flexibility index (Phi) is 5.61. The summed E-state index contributed by atoms with van der Waals surface area (Å²) < 4.78 is 10.9. The molecule has 6 nitrogen and oxygen atoms in total. The highest BCUT2D eigenvalue weighted by molar-refractivity contribution is 6.07. The number of rotatable bonds is 7. The lowest BCUT2D eigenvalue weighted by molar-refractivity contribution is 0.0989. The molecule has 0 saturated carbocycles. The SMILES string of the molecule is COc1cccc(OCCNc2ccc(C(=O)N3CCc4ccccc43)cn2)c1. The molecule has 0 bridgehead atoms. The van der Waals surface area contributed by atoms with Crippen LogP contribution in [0.25, 0.3) is 0 Å². The van der Waals surface area contributed by atoms with Crippen molar-refractivity contribution in [1.29, 1.82) is 0 Å². The number of fused-ring (bicyclic) bond motifs is 1. The van der Waals surface area contributed by atoms with Crippen LogP contribution in [0.15, 0.2) is 66.9 Å². The monoisotopic (exact) mass is 389 g/mol. The molecule has 0 unspecified atom stereocenters. The molecule has 1 amide bonds. The van der Waals surface area contributed by atoms with Gasteiger partial charge in [-0.25, -0.2) is 4.98 Å². The standard InChI is InChI=1S/C23H23N3O3/c1-28-19-6-4-7-20(15-19)29-14-12-24-22-10-9-18(16-25-22)23(27)26-13-11-17-5-2-3-8-21(17)26/h2-10,15-16H,11-14H2,1H3,(H,24,25). The number of nitrogens with zero attached hydrogens (tertiary/aromatic N) is 2. The highest BCUT2D eigenvalue weighted by atomic mass is 16.5. The Morgan fingerprint density at radius 3 is 2.79 bits per heavy atom. The third-order valence-electron chi connectivity index (χ3n) is 4.86. The van der Waals surface area contributed by atoms with Crippen molar-refractivity contribution in [3.8, 4) is 11.5 Å². The molecular formula is C23H23N3O3. The molecule has 1 aliphatic rings. The van der Waals surface area contributed by atoms with Gasteiger partial charge in [0.05, 0.1) is 19.2 Å². The van der Waals surface area contributed by atoms with Crippen molar-refractivity contribution in [2.45, 2.75) is 6.42 Å². The third-order valence-corrected chi connectivity index (χ3v) is 4.86. The quantitative estimate of drug-likeness (QED) is 0.623. The molecule has 1 N–H and O–H groups in total. The van der Waals surface area contributed by atoms with E-state index in [1.807, 2.05) is 59.5 Å². The van der Waals surface area contributed by atoms with Gasteiger partial charge in [-0.05, 0) is 42.3 Å². The van der Waals surface area contributed by atoms with Crippen molar-refractivity contribution in [3.63, 3.8) is 0 Å². The van der Waals surface area contributed by atoms with Gasteiger partial charge in [-0.15, -0.1) is 0 Å². The van der Waals surface area contributed by atoms with Crippen LogP contribution in [0.4, 0.5) is 11.5 Å². The lowest BCUT2D eigenvalue weighted by atomic mass is 10.2. The summed E-state index contributed by atoms with van der Waals surface area (Å²) in [4.78, 5) is 19.0. The Balaban J connectivity index is 1.30. The number of hydrogen-bond donors (Lipinski definition) is 1. The van der Waals surface area contributed by atoms with Gasteiger partial charge in [0.1, 0.15) is 23.9 Å². The number of methoxy groups -OCH3 is 1. The topological polar surface area (TPSA) is 63.7 Å². The number of nitrogens with one attached hydrogen (secondary N) is 1. The molecule has 0 fully saturated rings. The zero-order chi connectivity index (χ0) is 20.1. The van der Waals surface area contributed by atoms with Gasteiger partial charge in [0.2, 0.25) is 0 Å². The van der Waals surface area contributed by atoms with E-state index in [1.165, 1.54) is 5.56 Å². The van der Waals surface area contributed by atoms with E-state index in [2.05, 4.69) is 16.4 Å². The first-order chi connectivity index (χ1) is 14.2. The Bertz CT molecular complexity index is 989. The number of benzene rings is 2. The number of carbonyl (C=O) groups excluding carboxylic acids is 1. The Labute approximate surface area is 170 Å². The van der Waals surface area contributed by atoms with Gasteiger partial charge in [-0.1, -0.05) is 24.3 Å². The van der Waals surface area contributed by atoms with Crippen molar-refractivity contribution in [2.24, 2.45) is 0 Å². The van der Waals surface area contributed by atoms with Crippen molar-refractivity contribution in [3.05, 3.63) is 78.0 Å². The predicted octanol–water partition coefficient (Wildman–Crippen LogP) is 3.78. The molecule has 0 atom stereocenters. The molecule has 2 heterocycles. The van der Waals surface area contributed by atoms with Gasteiger partial charge in [-0.3, -0.25) is 4.79 Å². The fourth-order valence-corrected chi connectivity index (χ4v) is 3.37. The maximum absolute atomic E-state index is 12.8. The molecule has 4 rings (SSSR count). The van der Waals surface area contributed by atoms with E-state index in [0.717, 1.165) is 23.6 Å². The van der Waals surface area contributed by atoms with E-state index >= 15 is 0 Å². The lowest BCUT2D eigenvalue weighted by Gasteiger charge is -2.17. The Hall–Kier alpha value is -3.54. The van der Waals surface area contributed by atoms with Crippen LogP contribution in [0.2, 0.25) is 0 Å². The number of anilines is 2. The number of pyridine rings is 1. The van der Waals surface area contributed by atoms with Crippen molar-refractivity contribution >= 4 is 17.4 Å². The first kappa shape index (κ1) is 18.8. The molecule has 3 aromatic rings. The van der Waals surface area contributed by atoms with E-state index in [1.54, 1.807) is 13.3 Å². The van der Waals surface area contributed by atoms with Crippen LogP contribution in [0.5, 0.6) is 11.5 Å². The zero-order valence-corrected chi connectivity index (χ0v) is 16.3. The van der Waals surface area contributed by atoms with Gasteiger partial charge in [-0.2, -0.15) is 0 Å². The molecule has 0 saturated heterocycles. The minimum absolute atomic E-state index is 0.0182. The summed E-state index contributed by atoms with van der Waals surface area (Å²) in [6, 6.07) is 19.1. The molecule has 0 aliphatic carbocycles. The highest BCUT2D eigenvalue weighted by Crippen LogP contribution is 2.28. The molecule has 6 heteroatoms. The van der Waals surface area contributed by atoms with Crippen LogP contribution in [-0.4, -0.2) is 37.7 Å². The summed E-state index contributed by atoms with van der Waals surface area (Å²) in [6.07, 6.45) is 2.51. The normalized spacial score (nSPS) is 12.4. The van der Waals surface area contributed by atoms with Crippen LogP contribution >= 0.6 is 0 Å². The maximum atomic E-state index is 12.8. The zero-order valence-electron chi connectivity index (χ0n) is 16.3. The second kappa shape index (κ2) is 8.65. The number of ether oxygens (including phenoxy) is 2. The Morgan fingerprint density at radius 2 is 1.97 bits per heavy atom. The summed E-state index contributed by atoms with van der Waals surface area (Å²) in [7, 11) is 1.63. The summed E-state index contributed by atoms with van der Waals surface area (Å²) in [5.41, 5.74) is 2.79. The summed E-state index contributed by atoms with van der Waals surface area (Å²) in [5.74, 6) is 2.21. The smallest absolute Gasteiger partial charge is 0.259 e. The number of aromatic nitrogens is 1. The first-order valence-corrected chi connectivity index (χ1v) is 9.61. The molecule has 1 aromatic heterocycles. The summed E-state index contributed by atoms with van der Waals surface area (Å²) in [6.45, 7) is 1.79. The third kappa shape index (κ3) is 4.32. The van der Waals surface area contributed by atoms with Crippen molar-refractivity contribution in [2.75, 3.05) is 37.0 Å². The fourth-order valence-electron chi connectivity index (χ4n) is 3.37. The first-order valence-electron chi connectivity index (χ1n) is 9.61. The van der Waals surface area contributed by atoms with E-state index in [-0.39, 0.29) is 5.91 Å². The van der Waals surface area contributed by atoms with Crippen molar-refractivity contribution in [1.82, 2.24) is 4.98 Å². The Morgan fingerprint density at radius 1 is 1.10 bits per heavy atom. The summed E-state index contributed by atoms with van der Waals surface area (Å²) in [5, 5.41) is 3.20. The largest absolute Gasteiger partial charge is 0.497 e. The van der Waals surface area contributed by atoms with E-state index in [9.17, 15) is 4.79 Å². The van der Waals surface area contributed by atoms with E-state index in [4.69, 9.17) is 9.47 Å². The van der Waals surface area contributed by atoms with Crippen LogP contribution in [0, 0.1) is 0 Å². The molecule has 148 valence electrons. The lowest BCUT2D eigenvalue weighted by Crippen LogP contribution is -2.29. The van der Waals surface area contributed by atoms with Gasteiger partial charge >= 0.3 is 0 Å². The minimum Gasteiger partial charge on any atom is -0.497 e. The average molecular weight is 389 g/mol. The average Bonchev–Trinajstić information content (AvgIpc) is 3.21. The van der Waals surface area contributed by atoms with Crippen LogP contribution in [0.1, 0.15) is 15.9 Å². The minimum atomic E-state index is -0.0182. The molecule has 0 spiro atoms. The van der Waals surface area contributed by atoms with Gasteiger partial charge in [0, 0.05) is 24.5 Å². The fraction of sp³-hybridized carbons (Fsp3) is 0.217. The second-order valence-corrected chi connectivity index (χ2v) is 6.72. The molecule has 0 radical (unpaired) electrons. The van der Waals surface area contributed by atoms with Gasteiger partial charge in [0.15, 0.2) is 0 Å². The number of amides is 1. The summed E-state index contributed by atoms with van der Waals surface area (Å²) >= 11 is 0. The van der Waals surface area contributed by atoms with Crippen LogP contribution in [0.3, 0.4) is 0 Å². The van der Waals surface area contributed by atoms with Gasteiger partial charge < -0.3 is 19.7 Å². The van der Waals surface area contributed by atoms with Crippen molar-refractivity contribution < 1.29 is 14.3 Å². The van der Waals surface area contributed by atoms with Crippen LogP contribution < -0.4 is 19.7 Å². The number of hydrogen-bond acceptors (Lipinski definition) is 5. The molecule has 29 heavy (non-hydrogen) atoms.